The Morgan fingerprint density at radius 1 is 1.07 bits per heavy atom. The van der Waals surface area contributed by atoms with Crippen LogP contribution < -0.4 is 20.3 Å². The summed E-state index contributed by atoms with van der Waals surface area (Å²) in [6.45, 7) is 7.13. The minimum absolute atomic E-state index is 0.738. The number of methoxy groups -OCH3 is 1. The fraction of sp³-hybridized carbons (Fsp3) is 0.435. The van der Waals surface area contributed by atoms with Gasteiger partial charge in [0.15, 0.2) is 5.96 Å². The lowest BCUT2D eigenvalue weighted by Crippen LogP contribution is -2.38. The Hall–Kier alpha value is -2.73. The molecular weight excluding hydrogens is 364 g/mol. The van der Waals surface area contributed by atoms with Crippen molar-refractivity contribution in [2.45, 2.75) is 19.9 Å². The molecule has 0 aromatic heterocycles. The number of aliphatic imine (C=N–C) groups is 1. The van der Waals surface area contributed by atoms with E-state index in [9.17, 15) is 0 Å². The van der Waals surface area contributed by atoms with Gasteiger partial charge in [-0.1, -0.05) is 24.3 Å². The first kappa shape index (κ1) is 21.0. The molecule has 2 aromatic rings. The SMILES string of the molecule is CN=C(NCCc1ccc(C)c(OC)c1)NCc1ccc(N2CCOCC2)cc1. The standard InChI is InChI=1S/C23H32N4O2/c1-18-4-5-19(16-22(18)28-3)10-11-25-23(24-2)26-17-20-6-8-21(9-7-20)27-12-14-29-15-13-27/h4-9,16H,10-15,17H2,1-3H3,(H2,24,25,26). The van der Waals surface area contributed by atoms with Crippen LogP contribution in [0.5, 0.6) is 5.75 Å². The van der Waals surface area contributed by atoms with Crippen LogP contribution in [0, 0.1) is 6.92 Å². The van der Waals surface area contributed by atoms with Gasteiger partial charge in [0, 0.05) is 38.9 Å². The van der Waals surface area contributed by atoms with Gasteiger partial charge in [0.05, 0.1) is 20.3 Å². The Morgan fingerprint density at radius 2 is 1.79 bits per heavy atom. The summed E-state index contributed by atoms with van der Waals surface area (Å²) >= 11 is 0. The lowest BCUT2D eigenvalue weighted by atomic mass is 10.1. The monoisotopic (exact) mass is 396 g/mol. The summed E-state index contributed by atoms with van der Waals surface area (Å²) in [6, 6.07) is 15.1. The van der Waals surface area contributed by atoms with E-state index < -0.39 is 0 Å². The Labute approximate surface area is 173 Å². The van der Waals surface area contributed by atoms with Crippen molar-refractivity contribution < 1.29 is 9.47 Å². The molecule has 0 saturated carbocycles. The molecule has 2 aromatic carbocycles. The molecule has 6 heteroatoms. The van der Waals surface area contributed by atoms with Gasteiger partial charge in [-0.15, -0.1) is 0 Å². The van der Waals surface area contributed by atoms with E-state index in [1.54, 1.807) is 14.2 Å². The molecule has 1 fully saturated rings. The molecule has 1 saturated heterocycles. The van der Waals surface area contributed by atoms with Crippen LogP contribution in [0.3, 0.4) is 0 Å². The van der Waals surface area contributed by atoms with Crippen LogP contribution in [0.25, 0.3) is 0 Å². The largest absolute Gasteiger partial charge is 0.496 e. The minimum Gasteiger partial charge on any atom is -0.496 e. The number of morpholine rings is 1. The third kappa shape index (κ3) is 6.12. The van der Waals surface area contributed by atoms with Crippen molar-refractivity contribution in [3.05, 3.63) is 59.2 Å². The maximum Gasteiger partial charge on any atom is 0.191 e. The molecule has 3 rings (SSSR count). The number of hydrogen-bond donors (Lipinski definition) is 2. The smallest absolute Gasteiger partial charge is 0.191 e. The van der Waals surface area contributed by atoms with E-state index >= 15 is 0 Å². The highest BCUT2D eigenvalue weighted by Gasteiger charge is 2.10. The normalized spacial score (nSPS) is 14.6. The molecule has 2 N–H and O–H groups in total. The number of ether oxygens (including phenoxy) is 2. The maximum absolute atomic E-state index is 5.42. The van der Waals surface area contributed by atoms with Gasteiger partial charge < -0.3 is 25.0 Å². The highest BCUT2D eigenvalue weighted by molar-refractivity contribution is 5.79. The second-order valence-electron chi connectivity index (χ2n) is 7.17. The van der Waals surface area contributed by atoms with Crippen molar-refractivity contribution in [3.63, 3.8) is 0 Å². The number of benzene rings is 2. The summed E-state index contributed by atoms with van der Waals surface area (Å²) in [6.07, 6.45) is 0.908. The van der Waals surface area contributed by atoms with Crippen molar-refractivity contribution in [2.24, 2.45) is 4.99 Å². The van der Waals surface area contributed by atoms with Crippen LogP contribution >= 0.6 is 0 Å². The predicted octanol–water partition coefficient (Wildman–Crippen LogP) is 2.75. The van der Waals surface area contributed by atoms with E-state index in [0.717, 1.165) is 63.1 Å². The first-order valence-corrected chi connectivity index (χ1v) is 10.2. The van der Waals surface area contributed by atoms with Crippen LogP contribution in [0.1, 0.15) is 16.7 Å². The molecule has 1 aliphatic heterocycles. The number of aryl methyl sites for hydroxylation is 1. The van der Waals surface area contributed by atoms with Crippen LogP contribution in [0.2, 0.25) is 0 Å². The van der Waals surface area contributed by atoms with Gasteiger partial charge in [-0.3, -0.25) is 4.99 Å². The molecule has 29 heavy (non-hydrogen) atoms. The summed E-state index contributed by atoms with van der Waals surface area (Å²) < 4.78 is 10.8. The number of hydrogen-bond acceptors (Lipinski definition) is 4. The Bertz CT molecular complexity index is 799. The van der Waals surface area contributed by atoms with Crippen LogP contribution in [0.4, 0.5) is 5.69 Å². The number of anilines is 1. The molecule has 0 unspecified atom stereocenters. The van der Waals surface area contributed by atoms with Crippen molar-refractivity contribution in [2.75, 3.05) is 51.9 Å². The van der Waals surface area contributed by atoms with E-state index in [0.29, 0.717) is 0 Å². The molecule has 6 nitrogen and oxygen atoms in total. The first-order valence-electron chi connectivity index (χ1n) is 10.2. The van der Waals surface area contributed by atoms with E-state index in [1.807, 2.05) is 0 Å². The fourth-order valence-corrected chi connectivity index (χ4v) is 3.40. The fourth-order valence-electron chi connectivity index (χ4n) is 3.40. The molecule has 0 amide bonds. The molecule has 0 spiro atoms. The third-order valence-corrected chi connectivity index (χ3v) is 5.17. The van der Waals surface area contributed by atoms with Gasteiger partial charge in [0.1, 0.15) is 5.75 Å². The van der Waals surface area contributed by atoms with Crippen LogP contribution in [-0.4, -0.2) is 53.0 Å². The zero-order valence-electron chi connectivity index (χ0n) is 17.7. The zero-order chi connectivity index (χ0) is 20.5. The summed E-state index contributed by atoms with van der Waals surface area (Å²) in [7, 11) is 3.51. The average Bonchev–Trinajstić information content (AvgIpc) is 2.78. The van der Waals surface area contributed by atoms with Crippen LogP contribution in [0.15, 0.2) is 47.5 Å². The van der Waals surface area contributed by atoms with E-state index in [-0.39, 0.29) is 0 Å². The minimum atomic E-state index is 0.738. The Morgan fingerprint density at radius 3 is 2.48 bits per heavy atom. The van der Waals surface area contributed by atoms with E-state index in [2.05, 4.69) is 69.9 Å². The van der Waals surface area contributed by atoms with Crippen molar-refractivity contribution in [1.29, 1.82) is 0 Å². The number of nitrogens with zero attached hydrogens (tertiary/aromatic N) is 2. The summed E-state index contributed by atoms with van der Waals surface area (Å²) in [5, 5.41) is 6.76. The van der Waals surface area contributed by atoms with Gasteiger partial charge >= 0.3 is 0 Å². The summed E-state index contributed by atoms with van der Waals surface area (Å²) in [4.78, 5) is 6.68. The third-order valence-electron chi connectivity index (χ3n) is 5.17. The predicted molar refractivity (Wildman–Crippen MR) is 119 cm³/mol. The van der Waals surface area contributed by atoms with Gasteiger partial charge in [0.2, 0.25) is 0 Å². The molecule has 0 atom stereocenters. The highest BCUT2D eigenvalue weighted by atomic mass is 16.5. The van der Waals surface area contributed by atoms with Crippen molar-refractivity contribution >= 4 is 11.6 Å². The number of guanidine groups is 1. The molecule has 156 valence electrons. The average molecular weight is 397 g/mol. The molecule has 0 aliphatic carbocycles. The zero-order valence-corrected chi connectivity index (χ0v) is 17.7. The topological polar surface area (TPSA) is 58.1 Å². The Kier molecular flexibility index (Phi) is 7.76. The van der Waals surface area contributed by atoms with Crippen molar-refractivity contribution in [1.82, 2.24) is 10.6 Å². The lowest BCUT2D eigenvalue weighted by Gasteiger charge is -2.28. The highest BCUT2D eigenvalue weighted by Crippen LogP contribution is 2.19. The molecule has 1 heterocycles. The van der Waals surface area contributed by atoms with E-state index in [1.165, 1.54) is 16.8 Å². The number of rotatable bonds is 7. The summed E-state index contributed by atoms with van der Waals surface area (Å²) in [5.41, 5.74) is 4.89. The number of nitrogens with one attached hydrogen (secondary N) is 2. The molecule has 0 bridgehead atoms. The first-order chi connectivity index (χ1) is 14.2. The molecule has 1 aliphatic rings. The Balaban J connectivity index is 1.44. The van der Waals surface area contributed by atoms with Gasteiger partial charge in [0.25, 0.3) is 0 Å². The summed E-state index contributed by atoms with van der Waals surface area (Å²) in [5.74, 6) is 1.74. The molecule has 0 radical (unpaired) electrons. The van der Waals surface area contributed by atoms with Crippen LogP contribution in [-0.2, 0) is 17.7 Å². The van der Waals surface area contributed by atoms with Gasteiger partial charge in [-0.25, -0.2) is 0 Å². The maximum atomic E-state index is 5.42. The van der Waals surface area contributed by atoms with E-state index in [4.69, 9.17) is 9.47 Å². The van der Waals surface area contributed by atoms with Gasteiger partial charge in [-0.2, -0.15) is 0 Å². The van der Waals surface area contributed by atoms with Crippen molar-refractivity contribution in [3.8, 4) is 5.75 Å². The second kappa shape index (κ2) is 10.7. The second-order valence-corrected chi connectivity index (χ2v) is 7.17. The molecular formula is C23H32N4O2. The quantitative estimate of drug-likeness (QED) is 0.557. The van der Waals surface area contributed by atoms with Gasteiger partial charge in [-0.05, 0) is 48.2 Å². The lowest BCUT2D eigenvalue weighted by molar-refractivity contribution is 0.122.